The van der Waals surface area contributed by atoms with Crippen molar-refractivity contribution < 1.29 is 4.42 Å². The Balaban J connectivity index is 1.10. The van der Waals surface area contributed by atoms with Crippen LogP contribution in [0.3, 0.4) is 0 Å². The third-order valence-electron chi connectivity index (χ3n) is 10.4. The van der Waals surface area contributed by atoms with Gasteiger partial charge in [-0.3, -0.25) is 4.98 Å². The molecule has 0 radical (unpaired) electrons. The van der Waals surface area contributed by atoms with Crippen molar-refractivity contribution in [2.24, 2.45) is 0 Å². The Morgan fingerprint density at radius 2 is 1.06 bits per heavy atom. The summed E-state index contributed by atoms with van der Waals surface area (Å²) in [6.45, 7) is 0. The Morgan fingerprint density at radius 3 is 1.92 bits per heavy atom. The largest absolute Gasteiger partial charge is 0.454 e. The molecule has 246 valence electrons. The van der Waals surface area contributed by atoms with Gasteiger partial charge in [0.05, 0.1) is 5.39 Å². The van der Waals surface area contributed by atoms with Crippen LogP contribution in [0.1, 0.15) is 0 Å². The van der Waals surface area contributed by atoms with Crippen molar-refractivity contribution in [1.82, 2.24) is 19.9 Å². The van der Waals surface area contributed by atoms with Gasteiger partial charge in [-0.25, -0.2) is 15.0 Å². The molecule has 11 aromatic rings. The van der Waals surface area contributed by atoms with E-state index in [0.29, 0.717) is 17.5 Å². The summed E-state index contributed by atoms with van der Waals surface area (Å²) in [7, 11) is 0. The first kappa shape index (κ1) is 29.5. The number of rotatable bonds is 4. The number of furan rings is 1. The first-order valence-electron chi connectivity index (χ1n) is 17.7. The highest BCUT2D eigenvalue weighted by Gasteiger charge is 2.19. The Morgan fingerprint density at radius 1 is 0.377 bits per heavy atom. The van der Waals surface area contributed by atoms with E-state index in [4.69, 9.17) is 24.4 Å². The van der Waals surface area contributed by atoms with Crippen molar-refractivity contribution in [3.63, 3.8) is 0 Å². The molecule has 53 heavy (non-hydrogen) atoms. The Kier molecular flexibility index (Phi) is 6.48. The average Bonchev–Trinajstić information content (AvgIpc) is 3.63. The van der Waals surface area contributed by atoms with Gasteiger partial charge in [0.2, 0.25) is 0 Å². The van der Waals surface area contributed by atoms with Crippen LogP contribution in [0.2, 0.25) is 0 Å². The highest BCUT2D eigenvalue weighted by molar-refractivity contribution is 6.19. The molecule has 0 saturated carbocycles. The molecule has 0 aliphatic carbocycles. The lowest BCUT2D eigenvalue weighted by Gasteiger charge is -2.13. The van der Waals surface area contributed by atoms with Gasteiger partial charge in [-0.05, 0) is 72.9 Å². The molecule has 3 aromatic heterocycles. The molecule has 11 rings (SSSR count). The molecule has 3 heterocycles. The molecule has 0 fully saturated rings. The topological polar surface area (TPSA) is 64.7 Å². The van der Waals surface area contributed by atoms with Crippen molar-refractivity contribution in [3.8, 4) is 45.3 Å². The highest BCUT2D eigenvalue weighted by atomic mass is 16.3. The normalized spacial score (nSPS) is 11.8. The summed E-state index contributed by atoms with van der Waals surface area (Å²) in [6.07, 6.45) is 1.88. The van der Waals surface area contributed by atoms with Crippen LogP contribution in [0.15, 0.2) is 174 Å². The maximum Gasteiger partial charge on any atom is 0.164 e. The minimum Gasteiger partial charge on any atom is -0.454 e. The van der Waals surface area contributed by atoms with Gasteiger partial charge >= 0.3 is 0 Å². The molecule has 0 atom stereocenters. The SMILES string of the molecule is c1ccc(-c2nc(-c3cccc4cc(-c5ccnc6c5oc5ccc7ccccc7c56)ccc34)nc(-c3cc4ccccc4c4ccccc34)n2)cc1. The molecule has 0 aliphatic rings. The van der Waals surface area contributed by atoms with Gasteiger partial charge in [0.15, 0.2) is 23.1 Å². The molecule has 0 spiro atoms. The minimum absolute atomic E-state index is 0.625. The molecule has 0 bridgehead atoms. The first-order chi connectivity index (χ1) is 26.3. The van der Waals surface area contributed by atoms with Crippen LogP contribution in [0.25, 0.3) is 110 Å². The standard InChI is InChI=1S/C48H28N4O/c1-2-12-30(13-3-1)46-50-47(52-48(51-46)41-28-32-14-5-6-16-34(32)38-18-8-9-19-39(38)41)40-20-10-15-31-27-33(21-23-35(31)40)37-25-26-49-44-43-36-17-7-4-11-29(36)22-24-42(43)53-45(37)44/h1-28H. The van der Waals surface area contributed by atoms with Crippen LogP contribution in [0.5, 0.6) is 0 Å². The molecule has 8 aromatic carbocycles. The molecule has 0 amide bonds. The lowest BCUT2D eigenvalue weighted by Crippen LogP contribution is -2.01. The molecular formula is C48H28N4O. The number of benzene rings is 8. The van der Waals surface area contributed by atoms with Crippen molar-refractivity contribution in [2.45, 2.75) is 0 Å². The fourth-order valence-corrected chi connectivity index (χ4v) is 7.87. The van der Waals surface area contributed by atoms with Crippen molar-refractivity contribution in [1.29, 1.82) is 0 Å². The van der Waals surface area contributed by atoms with E-state index < -0.39 is 0 Å². The summed E-state index contributed by atoms with van der Waals surface area (Å²) in [5, 5.41) is 10.1. The smallest absolute Gasteiger partial charge is 0.164 e. The van der Waals surface area contributed by atoms with E-state index in [9.17, 15) is 0 Å². The summed E-state index contributed by atoms with van der Waals surface area (Å²) in [5.74, 6) is 1.90. The number of nitrogens with zero attached hydrogens (tertiary/aromatic N) is 4. The van der Waals surface area contributed by atoms with E-state index in [1.54, 1.807) is 0 Å². The molecule has 0 N–H and O–H groups in total. The lowest BCUT2D eigenvalue weighted by molar-refractivity contribution is 0.669. The van der Waals surface area contributed by atoms with Crippen molar-refractivity contribution >= 4 is 65.2 Å². The van der Waals surface area contributed by atoms with Crippen LogP contribution in [-0.2, 0) is 0 Å². The maximum atomic E-state index is 6.53. The van der Waals surface area contributed by atoms with E-state index in [1.165, 1.54) is 16.2 Å². The summed E-state index contributed by atoms with van der Waals surface area (Å²) >= 11 is 0. The second-order valence-corrected chi connectivity index (χ2v) is 13.4. The number of pyridine rings is 1. The molecule has 0 saturated heterocycles. The Labute approximate surface area is 303 Å². The monoisotopic (exact) mass is 676 g/mol. The van der Waals surface area contributed by atoms with E-state index in [1.807, 2.05) is 48.7 Å². The van der Waals surface area contributed by atoms with Crippen LogP contribution >= 0.6 is 0 Å². The molecule has 5 nitrogen and oxygen atoms in total. The number of fused-ring (bicyclic) bond motifs is 9. The summed E-state index contributed by atoms with van der Waals surface area (Å²) in [6, 6.07) is 56.8. The van der Waals surface area contributed by atoms with Crippen molar-refractivity contribution in [3.05, 3.63) is 170 Å². The van der Waals surface area contributed by atoms with Crippen LogP contribution < -0.4 is 0 Å². The van der Waals surface area contributed by atoms with Crippen LogP contribution in [0, 0.1) is 0 Å². The minimum atomic E-state index is 0.625. The zero-order chi connectivity index (χ0) is 34.9. The van der Waals surface area contributed by atoms with Gasteiger partial charge in [-0.15, -0.1) is 0 Å². The quantitative estimate of drug-likeness (QED) is 0.174. The second-order valence-electron chi connectivity index (χ2n) is 13.4. The molecule has 0 aliphatic heterocycles. The fraction of sp³-hybridized carbons (Fsp3) is 0. The zero-order valence-electron chi connectivity index (χ0n) is 28.4. The second kappa shape index (κ2) is 11.7. The van der Waals surface area contributed by atoms with Gasteiger partial charge in [-0.1, -0.05) is 140 Å². The van der Waals surface area contributed by atoms with E-state index in [0.717, 1.165) is 76.8 Å². The number of aromatic nitrogens is 4. The Hall–Kier alpha value is -7.24. The van der Waals surface area contributed by atoms with Gasteiger partial charge in [-0.2, -0.15) is 0 Å². The number of hydrogen-bond acceptors (Lipinski definition) is 5. The van der Waals surface area contributed by atoms with Gasteiger partial charge in [0.25, 0.3) is 0 Å². The van der Waals surface area contributed by atoms with Crippen molar-refractivity contribution in [2.75, 3.05) is 0 Å². The van der Waals surface area contributed by atoms with Crippen LogP contribution in [-0.4, -0.2) is 19.9 Å². The molecular weight excluding hydrogens is 649 g/mol. The predicted molar refractivity (Wildman–Crippen MR) is 217 cm³/mol. The fourth-order valence-electron chi connectivity index (χ4n) is 7.87. The summed E-state index contributed by atoms with van der Waals surface area (Å²) < 4.78 is 6.53. The molecule has 0 unspecified atom stereocenters. The summed E-state index contributed by atoms with van der Waals surface area (Å²) in [5.41, 5.74) is 7.39. The third kappa shape index (κ3) is 4.71. The van der Waals surface area contributed by atoms with Gasteiger partial charge in [0, 0.05) is 28.5 Å². The highest BCUT2D eigenvalue weighted by Crippen LogP contribution is 2.40. The first-order valence-corrected chi connectivity index (χ1v) is 17.7. The summed E-state index contributed by atoms with van der Waals surface area (Å²) in [4.78, 5) is 20.3. The van der Waals surface area contributed by atoms with Crippen LogP contribution in [0.4, 0.5) is 0 Å². The predicted octanol–water partition coefficient (Wildman–Crippen LogP) is 12.4. The van der Waals surface area contributed by atoms with Gasteiger partial charge < -0.3 is 4.42 Å². The zero-order valence-corrected chi connectivity index (χ0v) is 28.4. The van der Waals surface area contributed by atoms with E-state index >= 15 is 0 Å². The molecule has 5 heteroatoms. The third-order valence-corrected chi connectivity index (χ3v) is 10.4. The van der Waals surface area contributed by atoms with E-state index in [-0.39, 0.29) is 0 Å². The average molecular weight is 677 g/mol. The lowest BCUT2D eigenvalue weighted by atomic mass is 9.96. The maximum absolute atomic E-state index is 6.53. The van der Waals surface area contributed by atoms with Gasteiger partial charge in [0.1, 0.15) is 11.1 Å². The number of hydrogen-bond donors (Lipinski definition) is 0. The van der Waals surface area contributed by atoms with E-state index in [2.05, 4.69) is 121 Å². The Bertz CT molecular complexity index is 3240.